The zero-order valence-electron chi connectivity index (χ0n) is 10.1. The second-order valence-corrected chi connectivity index (χ2v) is 3.89. The van der Waals surface area contributed by atoms with E-state index >= 15 is 0 Å². The number of benzene rings is 1. The minimum absolute atomic E-state index is 0.219. The highest BCUT2D eigenvalue weighted by atomic mass is 19.2. The van der Waals surface area contributed by atoms with Gasteiger partial charge in [-0.3, -0.25) is 0 Å². The molecule has 0 spiro atoms. The summed E-state index contributed by atoms with van der Waals surface area (Å²) >= 11 is 0. The standard InChI is InChI=1S/C13H7F4NO2/c1-6-4-8(14)11(17)12(10(6)16)20-13(19)7-2-3-9(15)18-5-7/h2-5H,1H3/i15-1. The molecule has 0 bridgehead atoms. The fourth-order valence-corrected chi connectivity index (χ4v) is 1.44. The van der Waals surface area contributed by atoms with Crippen LogP contribution in [0.4, 0.5) is 17.6 Å². The quantitative estimate of drug-likeness (QED) is 0.279. The highest BCUT2D eigenvalue weighted by Crippen LogP contribution is 2.27. The van der Waals surface area contributed by atoms with E-state index in [0.717, 1.165) is 18.3 Å². The average molecular weight is 284 g/mol. The molecule has 0 unspecified atom stereocenters. The molecule has 1 aromatic carbocycles. The molecule has 0 atom stereocenters. The fourth-order valence-electron chi connectivity index (χ4n) is 1.44. The maximum Gasteiger partial charge on any atom is 0.345 e. The molecule has 0 fully saturated rings. The van der Waals surface area contributed by atoms with Gasteiger partial charge in [0.15, 0.2) is 11.6 Å². The summed E-state index contributed by atoms with van der Waals surface area (Å²) in [5, 5.41) is 0. The summed E-state index contributed by atoms with van der Waals surface area (Å²) in [6, 6.07) is 2.54. The molecule has 20 heavy (non-hydrogen) atoms. The van der Waals surface area contributed by atoms with Crippen molar-refractivity contribution in [3.8, 4) is 5.75 Å². The van der Waals surface area contributed by atoms with Gasteiger partial charge in [0.2, 0.25) is 17.5 Å². The third-order valence-corrected chi connectivity index (χ3v) is 2.46. The van der Waals surface area contributed by atoms with Crippen molar-refractivity contribution in [2.24, 2.45) is 0 Å². The summed E-state index contributed by atoms with van der Waals surface area (Å²) in [5.74, 6) is -7.30. The first kappa shape index (κ1) is 14.0. The van der Waals surface area contributed by atoms with Gasteiger partial charge in [0.05, 0.1) is 5.56 Å². The maximum absolute atomic E-state index is 13.6. The van der Waals surface area contributed by atoms with Gasteiger partial charge in [-0.1, -0.05) is 0 Å². The summed E-state index contributed by atoms with van der Waals surface area (Å²) < 4.78 is 57.2. The van der Waals surface area contributed by atoms with Crippen LogP contribution in [0.15, 0.2) is 24.4 Å². The van der Waals surface area contributed by atoms with Crippen molar-refractivity contribution >= 4 is 5.97 Å². The van der Waals surface area contributed by atoms with Crippen LogP contribution in [0.5, 0.6) is 5.75 Å². The molecular weight excluding hydrogens is 277 g/mol. The van der Waals surface area contributed by atoms with Crippen molar-refractivity contribution in [3.05, 3.63) is 58.9 Å². The van der Waals surface area contributed by atoms with Crippen molar-refractivity contribution in [1.82, 2.24) is 4.98 Å². The average Bonchev–Trinajstić information content (AvgIpc) is 2.42. The Bertz CT molecular complexity index is 645. The van der Waals surface area contributed by atoms with Crippen LogP contribution in [0.3, 0.4) is 0 Å². The lowest BCUT2D eigenvalue weighted by Crippen LogP contribution is -2.12. The molecule has 0 aliphatic rings. The Labute approximate surface area is 110 Å². The van der Waals surface area contributed by atoms with Gasteiger partial charge in [-0.2, -0.15) is 8.78 Å². The number of aromatic nitrogens is 1. The Morgan fingerprint density at radius 1 is 1.15 bits per heavy atom. The molecule has 0 aliphatic carbocycles. The van der Waals surface area contributed by atoms with E-state index < -0.39 is 35.1 Å². The summed E-state index contributed by atoms with van der Waals surface area (Å²) in [5.41, 5.74) is -0.448. The maximum atomic E-state index is 13.6. The van der Waals surface area contributed by atoms with Crippen LogP contribution >= 0.6 is 0 Å². The van der Waals surface area contributed by atoms with Crippen molar-refractivity contribution in [1.29, 1.82) is 0 Å². The van der Waals surface area contributed by atoms with Gasteiger partial charge in [-0.15, -0.1) is 0 Å². The number of carbonyl (C=O) groups is 1. The second-order valence-electron chi connectivity index (χ2n) is 3.89. The zero-order valence-corrected chi connectivity index (χ0v) is 10.1. The van der Waals surface area contributed by atoms with Gasteiger partial charge in [0.25, 0.3) is 0 Å². The third kappa shape index (κ3) is 2.61. The predicted octanol–water partition coefficient (Wildman–Crippen LogP) is 3.17. The summed E-state index contributed by atoms with van der Waals surface area (Å²) in [4.78, 5) is 14.8. The van der Waals surface area contributed by atoms with Crippen molar-refractivity contribution < 1.29 is 27.1 Å². The fraction of sp³-hybridized carbons (Fsp3) is 0.0769. The lowest BCUT2D eigenvalue weighted by molar-refractivity contribution is 0.0718. The molecule has 1 aromatic heterocycles. The van der Waals surface area contributed by atoms with E-state index in [-0.39, 0.29) is 11.1 Å². The Morgan fingerprint density at radius 3 is 2.45 bits per heavy atom. The molecule has 2 aromatic rings. The van der Waals surface area contributed by atoms with Crippen LogP contribution in [0.2, 0.25) is 0 Å². The number of ether oxygens (including phenoxy) is 1. The van der Waals surface area contributed by atoms with Crippen LogP contribution in [0.1, 0.15) is 15.9 Å². The Kier molecular flexibility index (Phi) is 3.69. The smallest absolute Gasteiger partial charge is 0.345 e. The topological polar surface area (TPSA) is 39.2 Å². The van der Waals surface area contributed by atoms with E-state index in [2.05, 4.69) is 9.72 Å². The van der Waals surface area contributed by atoms with E-state index in [9.17, 15) is 22.4 Å². The predicted molar refractivity (Wildman–Crippen MR) is 60.2 cm³/mol. The Morgan fingerprint density at radius 2 is 1.85 bits per heavy atom. The third-order valence-electron chi connectivity index (χ3n) is 2.46. The lowest BCUT2D eigenvalue weighted by atomic mass is 10.2. The number of esters is 1. The Balaban J connectivity index is 2.35. The lowest BCUT2D eigenvalue weighted by Gasteiger charge is -2.08. The molecular formula is C13H7F4NO2. The van der Waals surface area contributed by atoms with Crippen molar-refractivity contribution in [2.45, 2.75) is 6.92 Å². The van der Waals surface area contributed by atoms with Gasteiger partial charge in [-0.05, 0) is 30.7 Å². The molecule has 0 radical (unpaired) electrons. The highest BCUT2D eigenvalue weighted by molar-refractivity contribution is 5.90. The van der Waals surface area contributed by atoms with E-state index in [1.165, 1.54) is 6.92 Å². The molecule has 104 valence electrons. The normalized spacial score (nSPS) is 10.4. The number of aryl methyl sites for hydroxylation is 1. The zero-order chi connectivity index (χ0) is 14.9. The first-order chi connectivity index (χ1) is 9.40. The first-order valence-corrected chi connectivity index (χ1v) is 5.38. The van der Waals surface area contributed by atoms with Gasteiger partial charge in [0.1, 0.15) is 0 Å². The number of hydrogen-bond donors (Lipinski definition) is 0. The molecule has 2 rings (SSSR count). The number of rotatable bonds is 2. The van der Waals surface area contributed by atoms with Crippen molar-refractivity contribution in [2.75, 3.05) is 0 Å². The van der Waals surface area contributed by atoms with E-state index in [0.29, 0.717) is 6.07 Å². The SMILES string of the molecule is Cc1cc(F)c(F)c(OC(=O)c2ccc([18F])nc2)c1F. The summed E-state index contributed by atoms with van der Waals surface area (Å²) in [7, 11) is 0. The molecule has 0 saturated heterocycles. The number of nitrogens with zero attached hydrogens (tertiary/aromatic N) is 1. The van der Waals surface area contributed by atoms with Crippen molar-refractivity contribution in [3.63, 3.8) is 0 Å². The van der Waals surface area contributed by atoms with Crippen LogP contribution in [-0.4, -0.2) is 11.0 Å². The van der Waals surface area contributed by atoms with Gasteiger partial charge >= 0.3 is 5.97 Å². The minimum Gasteiger partial charge on any atom is -0.416 e. The molecule has 7 heteroatoms. The van der Waals surface area contributed by atoms with Crippen LogP contribution in [0.25, 0.3) is 0 Å². The molecule has 0 saturated carbocycles. The molecule has 0 N–H and O–H groups in total. The van der Waals surface area contributed by atoms with E-state index in [1.54, 1.807) is 0 Å². The molecule has 3 nitrogen and oxygen atoms in total. The second kappa shape index (κ2) is 5.28. The number of carbonyl (C=O) groups excluding carboxylic acids is 1. The summed E-state index contributed by atoms with van der Waals surface area (Å²) in [6.07, 6.45) is 0.833. The summed E-state index contributed by atoms with van der Waals surface area (Å²) in [6.45, 7) is 1.19. The van der Waals surface area contributed by atoms with Crippen LogP contribution in [0, 0.1) is 30.3 Å². The number of pyridine rings is 1. The minimum atomic E-state index is -1.61. The van der Waals surface area contributed by atoms with E-state index in [1.807, 2.05) is 0 Å². The van der Waals surface area contributed by atoms with Crippen LogP contribution in [-0.2, 0) is 0 Å². The van der Waals surface area contributed by atoms with Gasteiger partial charge in [-0.25, -0.2) is 18.6 Å². The molecule has 1 heterocycles. The first-order valence-electron chi connectivity index (χ1n) is 5.38. The van der Waals surface area contributed by atoms with Gasteiger partial charge < -0.3 is 4.74 Å². The van der Waals surface area contributed by atoms with E-state index in [4.69, 9.17) is 0 Å². The largest absolute Gasteiger partial charge is 0.416 e. The number of halogens is 4. The van der Waals surface area contributed by atoms with Gasteiger partial charge in [0, 0.05) is 6.20 Å². The highest BCUT2D eigenvalue weighted by Gasteiger charge is 2.22. The molecule has 0 amide bonds. The van der Waals surface area contributed by atoms with Crippen LogP contribution < -0.4 is 4.74 Å². The molecule has 0 aliphatic heterocycles. The number of hydrogen-bond acceptors (Lipinski definition) is 3. The monoisotopic (exact) mass is 284 g/mol. The Hall–Kier alpha value is -2.44.